The van der Waals surface area contributed by atoms with Crippen molar-refractivity contribution < 1.29 is 28.6 Å². The minimum Gasteiger partial charge on any atom is -0.462 e. The highest BCUT2D eigenvalue weighted by molar-refractivity contribution is 5.71. The third-order valence-electron chi connectivity index (χ3n) is 11.8. The van der Waals surface area contributed by atoms with Crippen LogP contribution >= 0.6 is 0 Å². The van der Waals surface area contributed by atoms with Crippen LogP contribution in [-0.4, -0.2) is 37.2 Å². The molecule has 0 rings (SSSR count). The minimum absolute atomic E-state index is 0.0707. The fourth-order valence-electron chi connectivity index (χ4n) is 7.79. The van der Waals surface area contributed by atoms with Crippen LogP contribution in [0.3, 0.4) is 0 Å². The summed E-state index contributed by atoms with van der Waals surface area (Å²) in [6.07, 6.45) is 53.4. The van der Waals surface area contributed by atoms with Gasteiger partial charge < -0.3 is 14.2 Å². The van der Waals surface area contributed by atoms with Crippen LogP contribution in [-0.2, 0) is 28.6 Å². The number of ether oxygens (including phenoxy) is 3. The molecule has 0 aromatic rings. The highest BCUT2D eigenvalue weighted by atomic mass is 16.6. The van der Waals surface area contributed by atoms with Gasteiger partial charge in [-0.2, -0.15) is 0 Å². The Bertz CT molecular complexity index is 916. The fourth-order valence-corrected chi connectivity index (χ4v) is 7.79. The lowest BCUT2D eigenvalue weighted by atomic mass is 10.0. The van der Waals surface area contributed by atoms with Gasteiger partial charge in [-0.1, -0.05) is 238 Å². The predicted molar refractivity (Wildman–Crippen MR) is 252 cm³/mol. The van der Waals surface area contributed by atoms with Gasteiger partial charge >= 0.3 is 17.9 Å². The number of carbonyl (C=O) groups excluding carboxylic acids is 3. The van der Waals surface area contributed by atoms with E-state index in [2.05, 4.69) is 32.9 Å². The Morgan fingerprint density at radius 1 is 0.322 bits per heavy atom. The summed E-state index contributed by atoms with van der Waals surface area (Å²) < 4.78 is 16.8. The minimum atomic E-state index is -0.770. The summed E-state index contributed by atoms with van der Waals surface area (Å²) in [5.41, 5.74) is 0. The van der Waals surface area contributed by atoms with E-state index in [1.165, 1.54) is 180 Å². The highest BCUT2D eigenvalue weighted by Gasteiger charge is 2.19. The lowest BCUT2D eigenvalue weighted by molar-refractivity contribution is -0.167. The number of allylic oxidation sites excluding steroid dienone is 2. The number of carbonyl (C=O) groups is 3. The molecule has 0 aromatic heterocycles. The standard InChI is InChI=1S/C53H100O6/c1-4-7-10-13-16-19-22-24-26-27-29-31-34-37-40-43-46-52(55)58-49-50(48-57-51(54)45-42-39-36-33-30-21-18-15-12-9-6-3)59-53(56)47-44-41-38-35-32-28-25-23-20-17-14-11-8-5-2/h28,32,50H,4-27,29-31,33-49H2,1-3H3/b32-28-. The van der Waals surface area contributed by atoms with Gasteiger partial charge in [-0.05, 0) is 44.9 Å². The average molecular weight is 833 g/mol. The zero-order chi connectivity index (χ0) is 43.0. The molecule has 0 fully saturated rings. The summed E-state index contributed by atoms with van der Waals surface area (Å²) in [6, 6.07) is 0. The number of hydrogen-bond donors (Lipinski definition) is 0. The van der Waals surface area contributed by atoms with Crippen molar-refractivity contribution in [3.63, 3.8) is 0 Å². The molecule has 348 valence electrons. The van der Waals surface area contributed by atoms with E-state index >= 15 is 0 Å². The van der Waals surface area contributed by atoms with E-state index in [4.69, 9.17) is 14.2 Å². The summed E-state index contributed by atoms with van der Waals surface area (Å²) in [7, 11) is 0. The molecule has 59 heavy (non-hydrogen) atoms. The monoisotopic (exact) mass is 833 g/mol. The third kappa shape index (κ3) is 47.1. The number of esters is 3. The van der Waals surface area contributed by atoms with Gasteiger partial charge in [0.15, 0.2) is 6.10 Å². The number of rotatable bonds is 48. The van der Waals surface area contributed by atoms with Crippen molar-refractivity contribution in [1.29, 1.82) is 0 Å². The van der Waals surface area contributed by atoms with Crippen LogP contribution in [0.4, 0.5) is 0 Å². The smallest absolute Gasteiger partial charge is 0.306 e. The second kappa shape index (κ2) is 48.8. The van der Waals surface area contributed by atoms with Crippen molar-refractivity contribution in [1.82, 2.24) is 0 Å². The Hall–Kier alpha value is -1.85. The molecule has 0 amide bonds. The molecule has 0 bridgehead atoms. The van der Waals surface area contributed by atoms with Crippen molar-refractivity contribution in [3.05, 3.63) is 12.2 Å². The van der Waals surface area contributed by atoms with E-state index in [0.717, 1.165) is 70.6 Å². The van der Waals surface area contributed by atoms with Crippen molar-refractivity contribution >= 4 is 17.9 Å². The largest absolute Gasteiger partial charge is 0.462 e. The summed E-state index contributed by atoms with van der Waals surface area (Å²) >= 11 is 0. The first-order valence-electron chi connectivity index (χ1n) is 26.2. The molecular formula is C53H100O6. The van der Waals surface area contributed by atoms with Gasteiger partial charge in [0.05, 0.1) is 0 Å². The molecule has 0 spiro atoms. The zero-order valence-electron chi connectivity index (χ0n) is 39.8. The van der Waals surface area contributed by atoms with Gasteiger partial charge in [-0.25, -0.2) is 0 Å². The van der Waals surface area contributed by atoms with E-state index in [9.17, 15) is 14.4 Å². The van der Waals surface area contributed by atoms with Crippen LogP contribution in [0.2, 0.25) is 0 Å². The zero-order valence-corrected chi connectivity index (χ0v) is 39.8. The Labute approximate surface area is 367 Å². The van der Waals surface area contributed by atoms with Crippen molar-refractivity contribution in [2.24, 2.45) is 0 Å². The molecule has 0 heterocycles. The maximum atomic E-state index is 12.8. The maximum Gasteiger partial charge on any atom is 0.306 e. The Morgan fingerprint density at radius 2 is 0.559 bits per heavy atom. The third-order valence-corrected chi connectivity index (χ3v) is 11.8. The van der Waals surface area contributed by atoms with Crippen LogP contribution in [0.5, 0.6) is 0 Å². The van der Waals surface area contributed by atoms with Gasteiger partial charge in [-0.15, -0.1) is 0 Å². The van der Waals surface area contributed by atoms with Crippen LogP contribution < -0.4 is 0 Å². The van der Waals surface area contributed by atoms with Gasteiger partial charge in [0.2, 0.25) is 0 Å². The molecular weight excluding hydrogens is 733 g/mol. The van der Waals surface area contributed by atoms with Crippen molar-refractivity contribution in [3.8, 4) is 0 Å². The molecule has 1 atom stereocenters. The molecule has 1 unspecified atom stereocenters. The Morgan fingerprint density at radius 3 is 0.864 bits per heavy atom. The molecule has 6 nitrogen and oxygen atoms in total. The summed E-state index contributed by atoms with van der Waals surface area (Å²) in [6.45, 7) is 6.65. The second-order valence-electron chi connectivity index (χ2n) is 17.8. The van der Waals surface area contributed by atoms with Crippen molar-refractivity contribution in [2.45, 2.75) is 297 Å². The van der Waals surface area contributed by atoms with Crippen LogP contribution in [0, 0.1) is 0 Å². The van der Waals surface area contributed by atoms with Gasteiger partial charge in [0.1, 0.15) is 13.2 Å². The van der Waals surface area contributed by atoms with E-state index in [0.29, 0.717) is 19.3 Å². The molecule has 0 saturated carbocycles. The summed E-state index contributed by atoms with van der Waals surface area (Å²) in [5, 5.41) is 0. The SMILES string of the molecule is CCCCCCCCC/C=C\CCCCCC(=O)OC(COC(=O)CCCCCCCCCCCCC)COC(=O)CCCCCCCCCCCCCCCCCC. The molecule has 0 saturated heterocycles. The first-order valence-corrected chi connectivity index (χ1v) is 26.2. The van der Waals surface area contributed by atoms with E-state index < -0.39 is 6.10 Å². The molecule has 0 aliphatic rings. The molecule has 0 aliphatic carbocycles. The van der Waals surface area contributed by atoms with Crippen LogP contribution in [0.25, 0.3) is 0 Å². The molecule has 0 aliphatic heterocycles. The first kappa shape index (κ1) is 57.1. The summed E-state index contributed by atoms with van der Waals surface area (Å²) in [5.74, 6) is -0.870. The highest BCUT2D eigenvalue weighted by Crippen LogP contribution is 2.16. The molecule has 0 N–H and O–H groups in total. The summed E-state index contributed by atoms with van der Waals surface area (Å²) in [4.78, 5) is 37.9. The van der Waals surface area contributed by atoms with Gasteiger partial charge in [0, 0.05) is 19.3 Å². The van der Waals surface area contributed by atoms with E-state index in [-0.39, 0.29) is 31.1 Å². The second-order valence-corrected chi connectivity index (χ2v) is 17.8. The van der Waals surface area contributed by atoms with E-state index in [1.807, 2.05) is 0 Å². The van der Waals surface area contributed by atoms with Gasteiger partial charge in [0.25, 0.3) is 0 Å². The lowest BCUT2D eigenvalue weighted by Gasteiger charge is -2.18. The Kier molecular flexibility index (Phi) is 47.3. The average Bonchev–Trinajstić information content (AvgIpc) is 3.23. The fraction of sp³-hybridized carbons (Fsp3) is 0.906. The number of unbranched alkanes of at least 4 members (excludes halogenated alkanes) is 35. The van der Waals surface area contributed by atoms with Gasteiger partial charge in [-0.3, -0.25) is 14.4 Å². The maximum absolute atomic E-state index is 12.8. The van der Waals surface area contributed by atoms with E-state index in [1.54, 1.807) is 0 Å². The molecule has 6 heteroatoms. The Balaban J connectivity index is 4.32. The number of hydrogen-bond acceptors (Lipinski definition) is 6. The lowest BCUT2D eigenvalue weighted by Crippen LogP contribution is -2.30. The predicted octanol–water partition coefficient (Wildman–Crippen LogP) is 17.0. The molecule has 0 aromatic carbocycles. The quantitative estimate of drug-likeness (QED) is 0.0263. The first-order chi connectivity index (χ1) is 29.0. The van der Waals surface area contributed by atoms with Crippen LogP contribution in [0.15, 0.2) is 12.2 Å². The normalized spacial score (nSPS) is 12.0. The molecule has 0 radical (unpaired) electrons. The van der Waals surface area contributed by atoms with Crippen LogP contribution in [0.1, 0.15) is 290 Å². The topological polar surface area (TPSA) is 78.9 Å². The van der Waals surface area contributed by atoms with Crippen molar-refractivity contribution in [2.75, 3.05) is 13.2 Å².